The molecule has 1 aliphatic heterocycles. The maximum atomic E-state index is 5.99. The molecule has 0 bridgehead atoms. The Hall–Kier alpha value is -0.860. The van der Waals surface area contributed by atoms with E-state index < -0.39 is 0 Å². The Bertz CT molecular complexity index is 428. The summed E-state index contributed by atoms with van der Waals surface area (Å²) < 4.78 is 0. The Kier molecular flexibility index (Phi) is 2.70. The summed E-state index contributed by atoms with van der Waals surface area (Å²) in [5, 5.41) is 4.33. The molecule has 1 N–H and O–H groups in total. The molecule has 2 aliphatic rings. The lowest BCUT2D eigenvalue weighted by Gasteiger charge is -2.29. The van der Waals surface area contributed by atoms with Crippen molar-refractivity contribution in [2.24, 2.45) is 5.92 Å². The lowest BCUT2D eigenvalue weighted by atomic mass is 9.89. The number of pyridine rings is 1. The van der Waals surface area contributed by atoms with Crippen LogP contribution in [0.2, 0.25) is 5.02 Å². The Morgan fingerprint density at radius 3 is 3.19 bits per heavy atom. The SMILES string of the molecule is Clc1cncc(C2=CCC3CCCNC23)c1. The normalized spacial score (nSPS) is 28.7. The van der Waals surface area contributed by atoms with E-state index in [1.165, 1.54) is 30.4 Å². The lowest BCUT2D eigenvalue weighted by molar-refractivity contribution is 0.346. The predicted molar refractivity (Wildman–Crippen MR) is 66.4 cm³/mol. The third-order valence-corrected chi connectivity index (χ3v) is 3.81. The van der Waals surface area contributed by atoms with Gasteiger partial charge in [0.25, 0.3) is 0 Å². The summed E-state index contributed by atoms with van der Waals surface area (Å²) in [6.07, 6.45) is 9.78. The van der Waals surface area contributed by atoms with Crippen LogP contribution in [0.25, 0.3) is 5.57 Å². The first-order valence-corrected chi connectivity index (χ1v) is 6.27. The first kappa shape index (κ1) is 10.3. The molecule has 84 valence electrons. The molecular weight excluding hydrogens is 220 g/mol. The number of piperidine rings is 1. The van der Waals surface area contributed by atoms with Crippen LogP contribution in [0.3, 0.4) is 0 Å². The maximum Gasteiger partial charge on any atom is 0.0595 e. The second kappa shape index (κ2) is 4.19. The van der Waals surface area contributed by atoms with E-state index in [1.807, 2.05) is 12.3 Å². The molecular formula is C13H15ClN2. The quantitative estimate of drug-likeness (QED) is 0.808. The number of hydrogen-bond acceptors (Lipinski definition) is 2. The molecule has 2 nitrogen and oxygen atoms in total. The monoisotopic (exact) mass is 234 g/mol. The van der Waals surface area contributed by atoms with E-state index in [2.05, 4.69) is 16.4 Å². The minimum Gasteiger partial charge on any atom is -0.310 e. The number of aromatic nitrogens is 1. The van der Waals surface area contributed by atoms with Gasteiger partial charge in [-0.25, -0.2) is 0 Å². The number of hydrogen-bond donors (Lipinski definition) is 1. The predicted octanol–water partition coefficient (Wildman–Crippen LogP) is 2.89. The van der Waals surface area contributed by atoms with Crippen molar-refractivity contribution in [3.8, 4) is 0 Å². The van der Waals surface area contributed by atoms with Gasteiger partial charge in [-0.1, -0.05) is 17.7 Å². The van der Waals surface area contributed by atoms with Gasteiger partial charge in [0.1, 0.15) is 0 Å². The first-order chi connectivity index (χ1) is 7.84. The van der Waals surface area contributed by atoms with Gasteiger partial charge in [-0.3, -0.25) is 4.98 Å². The highest BCUT2D eigenvalue weighted by Crippen LogP contribution is 2.37. The van der Waals surface area contributed by atoms with Crippen LogP contribution in [0.15, 0.2) is 24.5 Å². The minimum atomic E-state index is 0.522. The fourth-order valence-electron chi connectivity index (χ4n) is 2.85. The second-order valence-electron chi connectivity index (χ2n) is 4.62. The average Bonchev–Trinajstić information content (AvgIpc) is 2.72. The van der Waals surface area contributed by atoms with E-state index in [4.69, 9.17) is 11.6 Å². The third-order valence-electron chi connectivity index (χ3n) is 3.60. The summed E-state index contributed by atoms with van der Waals surface area (Å²) in [6, 6.07) is 2.54. The summed E-state index contributed by atoms with van der Waals surface area (Å²) >= 11 is 5.99. The molecule has 3 rings (SSSR count). The highest BCUT2D eigenvalue weighted by Gasteiger charge is 2.32. The Balaban J connectivity index is 1.90. The third kappa shape index (κ3) is 1.76. The molecule has 1 aromatic rings. The number of nitrogens with zero attached hydrogens (tertiary/aromatic N) is 1. The smallest absolute Gasteiger partial charge is 0.0595 e. The van der Waals surface area contributed by atoms with Crippen LogP contribution in [-0.2, 0) is 0 Å². The number of halogens is 1. The van der Waals surface area contributed by atoms with Crippen molar-refractivity contribution in [2.75, 3.05) is 6.54 Å². The molecule has 1 fully saturated rings. The van der Waals surface area contributed by atoms with Gasteiger partial charge in [0.2, 0.25) is 0 Å². The molecule has 1 aliphatic carbocycles. The van der Waals surface area contributed by atoms with Gasteiger partial charge in [0.15, 0.2) is 0 Å². The second-order valence-corrected chi connectivity index (χ2v) is 5.06. The van der Waals surface area contributed by atoms with E-state index >= 15 is 0 Å². The van der Waals surface area contributed by atoms with Crippen LogP contribution >= 0.6 is 11.6 Å². The van der Waals surface area contributed by atoms with Crippen LogP contribution in [0.4, 0.5) is 0 Å². The maximum absolute atomic E-state index is 5.99. The van der Waals surface area contributed by atoms with Gasteiger partial charge in [0.05, 0.1) is 5.02 Å². The summed E-state index contributed by atoms with van der Waals surface area (Å²) in [6.45, 7) is 1.13. The van der Waals surface area contributed by atoms with Crippen molar-refractivity contribution >= 4 is 17.2 Å². The van der Waals surface area contributed by atoms with Crippen LogP contribution in [-0.4, -0.2) is 17.6 Å². The molecule has 0 radical (unpaired) electrons. The summed E-state index contributed by atoms with van der Waals surface area (Å²) in [5.41, 5.74) is 2.56. The number of allylic oxidation sites excluding steroid dienone is 1. The fraction of sp³-hybridized carbons (Fsp3) is 0.462. The molecule has 0 spiro atoms. The highest BCUT2D eigenvalue weighted by atomic mass is 35.5. The van der Waals surface area contributed by atoms with Crippen LogP contribution in [0.1, 0.15) is 24.8 Å². The largest absolute Gasteiger partial charge is 0.310 e. The fourth-order valence-corrected chi connectivity index (χ4v) is 3.02. The topological polar surface area (TPSA) is 24.9 Å². The molecule has 0 amide bonds. The molecule has 3 heteroatoms. The number of fused-ring (bicyclic) bond motifs is 1. The summed E-state index contributed by atoms with van der Waals surface area (Å²) in [5.74, 6) is 0.780. The van der Waals surface area contributed by atoms with Crippen molar-refractivity contribution in [3.05, 3.63) is 35.1 Å². The Morgan fingerprint density at radius 1 is 1.38 bits per heavy atom. The van der Waals surface area contributed by atoms with Crippen LogP contribution in [0, 0.1) is 5.92 Å². The molecule has 2 heterocycles. The molecule has 2 atom stereocenters. The molecule has 0 saturated carbocycles. The zero-order chi connectivity index (χ0) is 11.0. The number of nitrogens with one attached hydrogen (secondary N) is 1. The standard InChI is InChI=1S/C13H15ClN2/c14-11-6-10(7-15-8-11)12-4-3-9-2-1-5-16-13(9)12/h4,6-9,13,16H,1-3,5H2. The Morgan fingerprint density at radius 2 is 2.31 bits per heavy atom. The molecule has 1 saturated heterocycles. The number of rotatable bonds is 1. The van der Waals surface area contributed by atoms with Crippen molar-refractivity contribution in [3.63, 3.8) is 0 Å². The van der Waals surface area contributed by atoms with Crippen LogP contribution in [0.5, 0.6) is 0 Å². The zero-order valence-electron chi connectivity index (χ0n) is 9.12. The molecule has 0 aromatic carbocycles. The van der Waals surface area contributed by atoms with Gasteiger partial charge >= 0.3 is 0 Å². The van der Waals surface area contributed by atoms with Crippen molar-refractivity contribution < 1.29 is 0 Å². The van der Waals surface area contributed by atoms with Crippen molar-refractivity contribution in [1.82, 2.24) is 10.3 Å². The van der Waals surface area contributed by atoms with E-state index in [9.17, 15) is 0 Å². The van der Waals surface area contributed by atoms with Crippen LogP contribution < -0.4 is 5.32 Å². The average molecular weight is 235 g/mol. The highest BCUT2D eigenvalue weighted by molar-refractivity contribution is 6.30. The van der Waals surface area contributed by atoms with Gasteiger partial charge in [-0.15, -0.1) is 0 Å². The van der Waals surface area contributed by atoms with Crippen molar-refractivity contribution in [2.45, 2.75) is 25.3 Å². The zero-order valence-corrected chi connectivity index (χ0v) is 9.87. The molecule has 2 unspecified atom stereocenters. The van der Waals surface area contributed by atoms with Gasteiger partial charge < -0.3 is 5.32 Å². The van der Waals surface area contributed by atoms with E-state index in [0.717, 1.165) is 17.5 Å². The minimum absolute atomic E-state index is 0.522. The van der Waals surface area contributed by atoms with Crippen molar-refractivity contribution in [1.29, 1.82) is 0 Å². The molecule has 1 aromatic heterocycles. The van der Waals surface area contributed by atoms with Gasteiger partial charge in [-0.05, 0) is 48.9 Å². The van der Waals surface area contributed by atoms with E-state index in [1.54, 1.807) is 6.20 Å². The summed E-state index contributed by atoms with van der Waals surface area (Å²) in [7, 11) is 0. The van der Waals surface area contributed by atoms with Gasteiger partial charge in [-0.2, -0.15) is 0 Å². The van der Waals surface area contributed by atoms with E-state index in [-0.39, 0.29) is 0 Å². The first-order valence-electron chi connectivity index (χ1n) is 5.89. The Labute approximate surface area is 101 Å². The van der Waals surface area contributed by atoms with Gasteiger partial charge in [0, 0.05) is 18.4 Å². The summed E-state index contributed by atoms with van der Waals surface area (Å²) in [4.78, 5) is 4.17. The lowest BCUT2D eigenvalue weighted by Crippen LogP contribution is -2.39. The molecule has 16 heavy (non-hydrogen) atoms. The van der Waals surface area contributed by atoms with E-state index in [0.29, 0.717) is 6.04 Å².